The van der Waals surface area contributed by atoms with E-state index in [0.29, 0.717) is 0 Å². The highest BCUT2D eigenvalue weighted by molar-refractivity contribution is 7.81. The summed E-state index contributed by atoms with van der Waals surface area (Å²) in [6.45, 7) is 0. The zero-order valence-corrected chi connectivity index (χ0v) is 45.5. The third kappa shape index (κ3) is 7.31. The Bertz CT molecular complexity index is 3980. The minimum absolute atomic E-state index is 0.185. The van der Waals surface area contributed by atoms with Crippen LogP contribution < -0.4 is 29.4 Å². The number of fused-ring (bicyclic) bond motifs is 12. The van der Waals surface area contributed by atoms with E-state index < -0.39 is 9.39 Å². The van der Waals surface area contributed by atoms with Crippen LogP contribution in [0.25, 0.3) is 87.8 Å². The van der Waals surface area contributed by atoms with Gasteiger partial charge in [-0.3, -0.25) is 4.42 Å². The van der Waals surface area contributed by atoms with Gasteiger partial charge in [-0.25, -0.2) is 0 Å². The summed E-state index contributed by atoms with van der Waals surface area (Å²) in [4.78, 5) is 0. The lowest BCUT2D eigenvalue weighted by Crippen LogP contribution is -2.34. The second-order valence-electron chi connectivity index (χ2n) is 18.4. The molecule has 8 aliphatic rings. The minimum atomic E-state index is -2.94. The number of benzene rings is 5. The molecule has 2 atom stereocenters. The molecule has 0 saturated heterocycles. The van der Waals surface area contributed by atoms with Crippen LogP contribution in [0, 0.1) is 0 Å². The molecule has 13 rings (SSSR count). The smallest absolute Gasteiger partial charge is 0.495 e. The maximum Gasteiger partial charge on any atom is 0.564 e. The van der Waals surface area contributed by atoms with Crippen molar-refractivity contribution in [1.29, 1.82) is 0 Å². The number of hydrogen-bond acceptors (Lipinski definition) is 5. The number of rotatable bonds is 7. The van der Waals surface area contributed by atoms with E-state index in [1.54, 1.807) is 42.7 Å². The molecule has 0 N–H and O–H groups in total. The van der Waals surface area contributed by atoms with Crippen molar-refractivity contribution in [3.05, 3.63) is 202 Å². The molecule has 0 aromatic heterocycles. The highest BCUT2D eigenvalue weighted by Gasteiger charge is 2.54. The van der Waals surface area contributed by atoms with Crippen molar-refractivity contribution in [1.82, 2.24) is 0 Å². The predicted octanol–water partition coefficient (Wildman–Crippen LogP) is 15.3. The van der Waals surface area contributed by atoms with Gasteiger partial charge in [0, 0.05) is 65.7 Å². The van der Waals surface area contributed by atoms with Crippen molar-refractivity contribution in [3.8, 4) is 56.4 Å². The predicted molar refractivity (Wildman–Crippen MR) is 308 cm³/mol. The molecule has 1 fully saturated rings. The average Bonchev–Trinajstić information content (AvgIpc) is 4.07. The Balaban J connectivity index is 0.00000106. The molecule has 0 spiro atoms. The summed E-state index contributed by atoms with van der Waals surface area (Å²) >= 11 is 0. The van der Waals surface area contributed by atoms with Gasteiger partial charge in [0.1, 0.15) is 28.8 Å². The normalized spacial score (nSPS) is 15.7. The highest BCUT2D eigenvalue weighted by atomic mass is 35.9. The second-order valence-corrected chi connectivity index (χ2v) is 31.3. The fourth-order valence-electron chi connectivity index (χ4n) is 12.5. The minimum Gasteiger partial charge on any atom is -0.495 e. The van der Waals surface area contributed by atoms with E-state index in [4.69, 9.17) is 68.3 Å². The third-order valence-electron chi connectivity index (χ3n) is 15.0. The molecule has 8 aliphatic carbocycles. The van der Waals surface area contributed by atoms with Crippen LogP contribution in [-0.2, 0) is 4.74 Å². The third-order valence-corrected chi connectivity index (χ3v) is 15.0. The van der Waals surface area contributed by atoms with Crippen LogP contribution in [0.1, 0.15) is 44.1 Å². The monoisotopic (exact) mass is 1070 g/mol. The van der Waals surface area contributed by atoms with Crippen molar-refractivity contribution < 1.29 is 28.1 Å². The molecule has 1 saturated carbocycles. The number of methoxy groups -OCH3 is 5. The molecule has 74 heavy (non-hydrogen) atoms. The zero-order chi connectivity index (χ0) is 51.2. The molecule has 0 amide bonds. The lowest BCUT2D eigenvalue weighted by Gasteiger charge is -2.15. The molecule has 0 bridgehead atoms. The van der Waals surface area contributed by atoms with E-state index in [2.05, 4.69) is 164 Å². The molecule has 6 nitrogen and oxygen atoms in total. The lowest BCUT2D eigenvalue weighted by atomic mass is 9.90. The first-order valence-corrected chi connectivity index (χ1v) is 31.2. The van der Waals surface area contributed by atoms with Crippen molar-refractivity contribution >= 4 is 110 Å². The van der Waals surface area contributed by atoms with Crippen LogP contribution >= 0.6 is 40.2 Å². The molecular weight excluding hydrogens is 1020 g/mol. The van der Waals surface area contributed by atoms with E-state index in [1.165, 1.54) is 16.7 Å². The molecule has 366 valence electrons. The highest BCUT2D eigenvalue weighted by Crippen LogP contribution is 2.71. The molecule has 5 aromatic carbocycles. The summed E-state index contributed by atoms with van der Waals surface area (Å²) in [5, 5.41) is 10.3. The van der Waals surface area contributed by atoms with E-state index in [9.17, 15) is 0 Å². The summed E-state index contributed by atoms with van der Waals surface area (Å²) in [6.07, 6.45) is 0. The van der Waals surface area contributed by atoms with Gasteiger partial charge in [-0.2, -0.15) is 0 Å². The van der Waals surface area contributed by atoms with E-state index in [0.717, 1.165) is 138 Å². The van der Waals surface area contributed by atoms with Gasteiger partial charge in [-0.15, -0.1) is 0 Å². The van der Waals surface area contributed by atoms with E-state index in [1.807, 2.05) is 0 Å². The van der Waals surface area contributed by atoms with Gasteiger partial charge in [0.2, 0.25) is 0 Å². The first-order chi connectivity index (χ1) is 36.1. The van der Waals surface area contributed by atoms with E-state index >= 15 is 0 Å². The fourth-order valence-corrected chi connectivity index (χ4v) is 12.5. The molecule has 0 radical (unpaired) electrons. The number of hydrogen-bond donors (Lipinski definition) is 0. The molecule has 0 heterocycles. The fraction of sp³-hybridized carbons (Fsp3) is 0.127. The Labute approximate surface area is 447 Å². The van der Waals surface area contributed by atoms with Gasteiger partial charge < -0.3 is 63.9 Å². The average molecular weight is 1070 g/mol. The van der Waals surface area contributed by atoms with Crippen LogP contribution in [0.3, 0.4) is 0 Å². The second kappa shape index (κ2) is 18.9. The van der Waals surface area contributed by atoms with Crippen LogP contribution in [0.2, 0.25) is 0 Å². The summed E-state index contributed by atoms with van der Waals surface area (Å²) in [5.74, 6) is 4.56. The van der Waals surface area contributed by atoms with Crippen molar-refractivity contribution in [3.63, 3.8) is 0 Å². The van der Waals surface area contributed by atoms with Gasteiger partial charge in [-0.05, 0) is 61.4 Å². The summed E-state index contributed by atoms with van der Waals surface area (Å²) in [5.41, 5.74) is 13.3. The number of ketones is 1. The summed E-state index contributed by atoms with van der Waals surface area (Å²) in [6, 6.07) is 57.9. The Morgan fingerprint density at radius 1 is 0.365 bits per heavy atom. The first kappa shape index (κ1) is 48.3. The van der Waals surface area contributed by atoms with Crippen molar-refractivity contribution in [2.75, 3.05) is 42.7 Å². The zero-order valence-electron chi connectivity index (χ0n) is 41.3. The molecule has 11 heteroatoms. The Kier molecular flexibility index (Phi) is 12.4. The first-order valence-electron chi connectivity index (χ1n) is 24.2. The van der Waals surface area contributed by atoms with Gasteiger partial charge in [0.25, 0.3) is 7.11 Å². The van der Waals surface area contributed by atoms with Crippen molar-refractivity contribution in [2.24, 2.45) is 0 Å². The quantitative estimate of drug-likeness (QED) is 0.118. The maximum atomic E-state index is 6.66. The Morgan fingerprint density at radius 3 is 1.11 bits per heavy atom. The topological polar surface area (TPSA) is 57.5 Å². The Morgan fingerprint density at radius 2 is 0.703 bits per heavy atom. The van der Waals surface area contributed by atoms with E-state index in [-0.39, 0.29) is 11.8 Å². The lowest BCUT2D eigenvalue weighted by molar-refractivity contribution is -0.222. The maximum absolute atomic E-state index is 6.66. The van der Waals surface area contributed by atoms with Crippen LogP contribution in [-0.4, -0.2) is 57.8 Å². The van der Waals surface area contributed by atoms with Gasteiger partial charge in [-0.1, -0.05) is 158 Å². The van der Waals surface area contributed by atoms with Crippen LogP contribution in [0.4, 0.5) is 0 Å². The van der Waals surface area contributed by atoms with Crippen molar-refractivity contribution in [2.45, 2.75) is 11.8 Å². The summed E-state index contributed by atoms with van der Waals surface area (Å²) in [7, 11) is 27.8. The van der Waals surface area contributed by atoms with Gasteiger partial charge in [0.15, 0.2) is 0 Å². The Hall–Kier alpha value is -6.66. The van der Waals surface area contributed by atoms with Gasteiger partial charge >= 0.3 is 15.2 Å². The molecule has 0 aliphatic heterocycles. The number of carbonyl (C=O) groups excluding carboxylic acids is 1. The standard InChI is InChI=1S/C63H47O6.Al.4ClH/c1-64-58-40-28-16-19-31-43(40)61(67-4)55-46(34-22-10-7-13-25-37(34)49(55)58)52-53(47-35-23-11-8-14-26-38(35)50-56(47)62(68-5)44-32-20-17-29-41(44)59(50)65-2)54(52)48-36-24-12-9-15-27-39(36)51-57(48)63(69-6)45-33-21-18-30-42(45)60(51)66-3;;;;;/h7-33,52-53H,1-6H3;;4*1H/q+1;+3;;;;/p-4. The number of ether oxygens (including phenoxy) is 5. The molecular formula is C63H47AlCl4O6. The van der Waals surface area contributed by atoms with Gasteiger partial charge in [0.05, 0.1) is 46.7 Å². The number of halogens is 4. The largest absolute Gasteiger partial charge is 0.564 e. The summed E-state index contributed by atoms with van der Waals surface area (Å²) < 4.78 is 39.5. The molecule has 5 aromatic rings. The van der Waals surface area contributed by atoms with Crippen LogP contribution in [0.5, 0.6) is 23.0 Å². The SMILES string of the molecule is COC1=c2c(c3cccccc-3c2=C2C(c3c4cccccc-4c4c(OC)c5ccccc5c(OC)c34)C2c2c3cccccc-3c3c(OC)c4ccccc4c(OC)c23)C(=[O+]C)c2ccccc21.[Cl][Al-]([Cl])([Cl])[Cl]. The molecule has 2 unspecified atom stereocenters. The van der Waals surface area contributed by atoms with Crippen LogP contribution in [0.15, 0.2) is 164 Å².